The van der Waals surface area contributed by atoms with E-state index in [2.05, 4.69) is 64.9 Å². The van der Waals surface area contributed by atoms with Gasteiger partial charge in [-0.2, -0.15) is 0 Å². The van der Waals surface area contributed by atoms with Gasteiger partial charge in [0.15, 0.2) is 0 Å². The molecule has 0 radical (unpaired) electrons. The van der Waals surface area contributed by atoms with Gasteiger partial charge in [-0.1, -0.05) is 12.2 Å². The van der Waals surface area contributed by atoms with Crippen molar-refractivity contribution in [2.24, 2.45) is 0 Å². The van der Waals surface area contributed by atoms with E-state index in [0.29, 0.717) is 0 Å². The Bertz CT molecular complexity index is 668. The number of imidazole rings is 1. The highest BCUT2D eigenvalue weighted by atomic mass is 79.9. The molecule has 1 saturated heterocycles. The molecule has 0 aliphatic carbocycles. The molecule has 1 aliphatic heterocycles. The maximum atomic E-state index is 9.92. The number of aliphatic hydroxyl groups is 1. The first-order valence-electron chi connectivity index (χ1n) is 7.03. The van der Waals surface area contributed by atoms with Crippen molar-refractivity contribution in [3.8, 4) is 0 Å². The molecule has 21 heavy (non-hydrogen) atoms. The van der Waals surface area contributed by atoms with Crippen molar-refractivity contribution in [1.82, 2.24) is 14.9 Å². The fraction of sp³-hybridized carbons (Fsp3) is 0.400. The number of piperidine rings is 1. The molecule has 4 nitrogen and oxygen atoms in total. The molecule has 2 N–H and O–H groups in total. The minimum atomic E-state index is -0.278. The molecule has 2 heterocycles. The lowest BCUT2D eigenvalue weighted by molar-refractivity contribution is 0.115. The third-order valence-corrected chi connectivity index (χ3v) is 5.62. The van der Waals surface area contributed by atoms with Crippen LogP contribution in [0.1, 0.15) is 12.8 Å². The topological polar surface area (TPSA) is 50.1 Å². The molecular weight excluding hydrogens is 398 g/mol. The average Bonchev–Trinajstić information content (AvgIpc) is 2.84. The summed E-state index contributed by atoms with van der Waals surface area (Å²) >= 11 is 7.02. The smallest absolute Gasteiger partial charge is 0.0961 e. The van der Waals surface area contributed by atoms with Gasteiger partial charge in [0.1, 0.15) is 0 Å². The number of hydrogen-bond acceptors (Lipinski definition) is 3. The van der Waals surface area contributed by atoms with Crippen molar-refractivity contribution in [1.29, 1.82) is 0 Å². The van der Waals surface area contributed by atoms with Crippen LogP contribution in [0.15, 0.2) is 39.6 Å². The van der Waals surface area contributed by atoms with Gasteiger partial charge in [0, 0.05) is 15.5 Å². The molecule has 112 valence electrons. The zero-order valence-corrected chi connectivity index (χ0v) is 14.6. The highest BCUT2D eigenvalue weighted by Gasteiger charge is 2.19. The van der Waals surface area contributed by atoms with Crippen molar-refractivity contribution in [2.75, 3.05) is 6.54 Å². The van der Waals surface area contributed by atoms with Crippen molar-refractivity contribution >= 4 is 42.9 Å². The minimum absolute atomic E-state index is 0.0643. The second-order valence-electron chi connectivity index (χ2n) is 5.27. The first kappa shape index (κ1) is 15.2. The number of rotatable bonds is 3. The Kier molecular flexibility index (Phi) is 4.78. The number of halogens is 2. The van der Waals surface area contributed by atoms with Gasteiger partial charge in [0.2, 0.25) is 0 Å². The van der Waals surface area contributed by atoms with Gasteiger partial charge in [0.05, 0.1) is 29.5 Å². The molecule has 0 bridgehead atoms. The molecule has 0 spiro atoms. The number of nitrogens with one attached hydrogen (secondary N) is 1. The summed E-state index contributed by atoms with van der Waals surface area (Å²) in [7, 11) is 0. The zero-order chi connectivity index (χ0) is 14.8. The Hall–Kier alpha value is -0.690. The second kappa shape index (κ2) is 6.60. The maximum absolute atomic E-state index is 9.92. The summed E-state index contributed by atoms with van der Waals surface area (Å²) in [6, 6.07) is 4.13. The van der Waals surface area contributed by atoms with Gasteiger partial charge in [-0.15, -0.1) is 0 Å². The van der Waals surface area contributed by atoms with Crippen LogP contribution in [-0.2, 0) is 6.54 Å². The Balaban J connectivity index is 1.74. The molecule has 2 aromatic rings. The number of allylic oxidation sites excluding steroid dienone is 1. The van der Waals surface area contributed by atoms with Gasteiger partial charge >= 0.3 is 0 Å². The van der Waals surface area contributed by atoms with E-state index in [1.807, 2.05) is 12.4 Å². The van der Waals surface area contributed by atoms with Crippen LogP contribution in [0, 0.1) is 0 Å². The molecule has 0 amide bonds. The maximum Gasteiger partial charge on any atom is 0.0961 e. The molecule has 2 atom stereocenters. The van der Waals surface area contributed by atoms with Crippen molar-refractivity contribution in [3.05, 3.63) is 39.6 Å². The molecular formula is C15H17Br2N3O. The Morgan fingerprint density at radius 1 is 1.38 bits per heavy atom. The summed E-state index contributed by atoms with van der Waals surface area (Å²) in [5.74, 6) is 0. The number of benzene rings is 1. The molecule has 1 aromatic carbocycles. The zero-order valence-electron chi connectivity index (χ0n) is 11.5. The number of hydrogen-bond donors (Lipinski definition) is 2. The fourth-order valence-electron chi connectivity index (χ4n) is 2.61. The Morgan fingerprint density at radius 3 is 3.00 bits per heavy atom. The molecule has 0 unspecified atom stereocenters. The van der Waals surface area contributed by atoms with E-state index in [-0.39, 0.29) is 12.1 Å². The highest BCUT2D eigenvalue weighted by Crippen LogP contribution is 2.28. The van der Waals surface area contributed by atoms with Crippen LogP contribution in [0.5, 0.6) is 0 Å². The summed E-state index contributed by atoms with van der Waals surface area (Å²) in [5.41, 5.74) is 2.06. The predicted octanol–water partition coefficient (Wildman–Crippen LogP) is 3.23. The van der Waals surface area contributed by atoms with Gasteiger partial charge in [-0.05, 0) is 63.4 Å². The van der Waals surface area contributed by atoms with Gasteiger partial charge in [-0.3, -0.25) is 0 Å². The van der Waals surface area contributed by atoms with Crippen LogP contribution in [0.25, 0.3) is 11.0 Å². The van der Waals surface area contributed by atoms with E-state index in [9.17, 15) is 5.11 Å². The van der Waals surface area contributed by atoms with Gasteiger partial charge < -0.3 is 15.0 Å². The van der Waals surface area contributed by atoms with Crippen molar-refractivity contribution in [3.63, 3.8) is 0 Å². The predicted molar refractivity (Wildman–Crippen MR) is 91.3 cm³/mol. The fourth-order valence-corrected chi connectivity index (χ4v) is 3.27. The van der Waals surface area contributed by atoms with Crippen LogP contribution >= 0.6 is 31.9 Å². The lowest BCUT2D eigenvalue weighted by atomic mass is 10.0. The molecule has 0 saturated carbocycles. The van der Waals surface area contributed by atoms with Crippen molar-refractivity contribution in [2.45, 2.75) is 31.5 Å². The van der Waals surface area contributed by atoms with Gasteiger partial charge in [-0.25, -0.2) is 4.98 Å². The molecule has 1 fully saturated rings. The number of nitrogens with zero attached hydrogens (tertiary/aromatic N) is 2. The van der Waals surface area contributed by atoms with Crippen LogP contribution in [0.2, 0.25) is 0 Å². The summed E-state index contributed by atoms with van der Waals surface area (Å²) in [6.45, 7) is 1.72. The second-order valence-corrected chi connectivity index (χ2v) is 6.98. The number of aliphatic hydroxyl groups excluding tert-OH is 1. The third-order valence-electron chi connectivity index (χ3n) is 3.78. The van der Waals surface area contributed by atoms with E-state index < -0.39 is 0 Å². The number of aromatic nitrogens is 2. The van der Waals surface area contributed by atoms with Crippen LogP contribution in [-0.4, -0.2) is 33.3 Å². The lowest BCUT2D eigenvalue weighted by Crippen LogP contribution is -2.43. The lowest BCUT2D eigenvalue weighted by Gasteiger charge is -2.26. The monoisotopic (exact) mass is 413 g/mol. The standard InChI is InChI=1S/C15H17Br2N3O/c16-10-7-13-14(8-11(10)17)20(9-19-13)6-2-3-12-15(21)4-1-5-18-12/h2-3,7-9,12,15,18,21H,1,4-6H2/b3-2+/t12-,15+/m1/s1. The van der Waals surface area contributed by atoms with Crippen LogP contribution < -0.4 is 5.32 Å². The molecule has 6 heteroatoms. The van der Waals surface area contributed by atoms with Gasteiger partial charge in [0.25, 0.3) is 0 Å². The third kappa shape index (κ3) is 3.39. The first-order valence-corrected chi connectivity index (χ1v) is 8.62. The van der Waals surface area contributed by atoms with E-state index in [0.717, 1.165) is 45.9 Å². The molecule has 3 rings (SSSR count). The first-order chi connectivity index (χ1) is 10.1. The SMILES string of the molecule is O[C@H]1CCCN[C@@H]1/C=C/Cn1cnc2cc(Br)c(Br)cc21. The Labute approximate surface area is 140 Å². The normalized spacial score (nSPS) is 23.2. The van der Waals surface area contributed by atoms with E-state index in [1.165, 1.54) is 0 Å². The highest BCUT2D eigenvalue weighted by molar-refractivity contribution is 9.13. The summed E-state index contributed by atoms with van der Waals surface area (Å²) in [5, 5.41) is 13.2. The largest absolute Gasteiger partial charge is 0.391 e. The van der Waals surface area contributed by atoms with Crippen LogP contribution in [0.3, 0.4) is 0 Å². The van der Waals surface area contributed by atoms with Crippen LogP contribution in [0.4, 0.5) is 0 Å². The minimum Gasteiger partial charge on any atom is -0.391 e. The average molecular weight is 415 g/mol. The quantitative estimate of drug-likeness (QED) is 0.758. The van der Waals surface area contributed by atoms with E-state index in [4.69, 9.17) is 0 Å². The summed E-state index contributed by atoms with van der Waals surface area (Å²) < 4.78 is 4.12. The summed E-state index contributed by atoms with van der Waals surface area (Å²) in [4.78, 5) is 4.41. The Morgan fingerprint density at radius 2 is 2.19 bits per heavy atom. The summed E-state index contributed by atoms with van der Waals surface area (Å²) in [6.07, 6.45) is 7.63. The van der Waals surface area contributed by atoms with Crippen molar-refractivity contribution < 1.29 is 5.11 Å². The molecule has 1 aromatic heterocycles. The molecule has 1 aliphatic rings. The van der Waals surface area contributed by atoms with E-state index in [1.54, 1.807) is 0 Å². The number of fused-ring (bicyclic) bond motifs is 1. The van der Waals surface area contributed by atoms with E-state index >= 15 is 0 Å².